The van der Waals surface area contributed by atoms with Gasteiger partial charge in [0, 0.05) is 10.8 Å². The Morgan fingerprint density at radius 1 is 0.430 bits per heavy atom. The minimum Gasteiger partial charge on any atom is -0.490 e. The zero-order chi connectivity index (χ0) is 56.3. The van der Waals surface area contributed by atoms with Crippen molar-refractivity contribution in [2.24, 2.45) is 0 Å². The highest BCUT2D eigenvalue weighted by Crippen LogP contribution is 2.44. The van der Waals surface area contributed by atoms with E-state index in [0.29, 0.717) is 37.7 Å². The minimum atomic E-state index is -0.505. The van der Waals surface area contributed by atoms with Gasteiger partial charge in [0.15, 0.2) is 12.2 Å². The van der Waals surface area contributed by atoms with Crippen LogP contribution < -0.4 is 28.7 Å². The summed E-state index contributed by atoms with van der Waals surface area (Å²) in [5, 5.41) is 0. The molecule has 424 valence electrons. The van der Waals surface area contributed by atoms with Crippen molar-refractivity contribution in [1.82, 2.24) is 0 Å². The molecule has 5 aromatic rings. The fraction of sp³-hybridized carbons (Fsp3) is 0.522. The van der Waals surface area contributed by atoms with Crippen LogP contribution in [0, 0.1) is 6.92 Å². The molecule has 0 aromatic heterocycles. The molecule has 12 nitrogen and oxygen atoms in total. The first-order valence-corrected chi connectivity index (χ1v) is 29.4. The number of nitrogens with zero attached hydrogens (tertiary/aromatic N) is 2. The van der Waals surface area contributed by atoms with Crippen molar-refractivity contribution < 1.29 is 47.5 Å². The fourth-order valence-corrected chi connectivity index (χ4v) is 12.0. The lowest BCUT2D eigenvalue weighted by Gasteiger charge is -2.33. The number of anilines is 2. The molecule has 12 heteroatoms. The van der Waals surface area contributed by atoms with Gasteiger partial charge in [-0.3, -0.25) is 9.80 Å². The van der Waals surface area contributed by atoms with E-state index in [9.17, 15) is 9.59 Å². The lowest BCUT2D eigenvalue weighted by molar-refractivity contribution is 0.104. The molecule has 9 rings (SSSR count). The first-order valence-electron chi connectivity index (χ1n) is 29.4. The second-order valence-electron chi connectivity index (χ2n) is 22.9. The van der Waals surface area contributed by atoms with Crippen molar-refractivity contribution in [3.63, 3.8) is 0 Å². The van der Waals surface area contributed by atoms with Crippen LogP contribution in [0.1, 0.15) is 155 Å². The van der Waals surface area contributed by atoms with Crippen LogP contribution in [0.3, 0.4) is 0 Å². The van der Waals surface area contributed by atoms with Gasteiger partial charge in [-0.15, -0.1) is 0 Å². The van der Waals surface area contributed by atoms with Crippen LogP contribution in [0.15, 0.2) is 66.7 Å². The van der Waals surface area contributed by atoms with Gasteiger partial charge in [-0.1, -0.05) is 113 Å². The van der Waals surface area contributed by atoms with Crippen molar-refractivity contribution in [3.05, 3.63) is 139 Å². The normalized spacial score (nSPS) is 18.9. The molecule has 0 spiro atoms. The van der Waals surface area contributed by atoms with Crippen molar-refractivity contribution >= 4 is 23.6 Å². The summed E-state index contributed by atoms with van der Waals surface area (Å²) in [6, 6.07) is 23.9. The topological polar surface area (TPSA) is 121 Å². The number of amides is 2. The van der Waals surface area contributed by atoms with Crippen LogP contribution in [-0.4, -0.2) is 89.3 Å². The summed E-state index contributed by atoms with van der Waals surface area (Å²) >= 11 is 0. The van der Waals surface area contributed by atoms with E-state index in [1.165, 1.54) is 55.6 Å². The number of hydrogen-bond donors (Lipinski definition) is 0. The first-order chi connectivity index (χ1) is 38.0. The quantitative estimate of drug-likeness (QED) is 0.0495. The zero-order valence-corrected chi connectivity index (χ0v) is 49.5. The predicted octanol–water partition coefficient (Wildman–Crippen LogP) is 13.5. The zero-order valence-electron chi connectivity index (χ0n) is 49.5. The van der Waals surface area contributed by atoms with Crippen LogP contribution >= 0.6 is 0 Å². The smallest absolute Gasteiger partial charge is 0.414 e. The van der Waals surface area contributed by atoms with Crippen LogP contribution in [0.4, 0.5) is 21.0 Å². The minimum absolute atomic E-state index is 0.201. The molecule has 2 amide bonds. The van der Waals surface area contributed by atoms with Gasteiger partial charge in [0.25, 0.3) is 0 Å². The van der Waals surface area contributed by atoms with Gasteiger partial charge in [0.1, 0.15) is 61.6 Å². The molecule has 0 aliphatic carbocycles. The van der Waals surface area contributed by atoms with Gasteiger partial charge in [0.2, 0.25) is 0 Å². The van der Waals surface area contributed by atoms with Crippen molar-refractivity contribution in [2.45, 2.75) is 177 Å². The SMILES string of the molecule is CCc1cc(C(C)(C)c2cc(CC)c(OCC3CN(c4cccc(N5CC(COc6cc(CC)c(C(C)(C)c7cc(CC)c(OCC8CO8)cc7CC)cc6CC)OC5=O)c4C)C(=O)O3)cc2CC)c(CC)cc1OCC1CO1. The Labute approximate surface area is 470 Å². The van der Waals surface area contributed by atoms with Gasteiger partial charge in [-0.2, -0.15) is 0 Å². The van der Waals surface area contributed by atoms with E-state index in [1.54, 1.807) is 9.80 Å². The van der Waals surface area contributed by atoms with Crippen LogP contribution in [0.2, 0.25) is 0 Å². The summed E-state index contributed by atoms with van der Waals surface area (Å²) in [6.45, 7) is 32.5. The lowest BCUT2D eigenvalue weighted by Crippen LogP contribution is -2.30. The molecule has 4 unspecified atom stereocenters. The largest absolute Gasteiger partial charge is 0.490 e. The molecule has 0 N–H and O–H groups in total. The third-order valence-corrected chi connectivity index (χ3v) is 17.0. The van der Waals surface area contributed by atoms with Gasteiger partial charge in [0.05, 0.1) is 37.7 Å². The van der Waals surface area contributed by atoms with Crippen LogP contribution in [-0.2, 0) is 81.1 Å². The second kappa shape index (κ2) is 24.2. The monoisotopic (exact) mass is 1080 g/mol. The molecule has 4 atom stereocenters. The molecule has 5 aromatic carbocycles. The van der Waals surface area contributed by atoms with Gasteiger partial charge >= 0.3 is 12.2 Å². The number of aryl methyl sites for hydroxylation is 8. The molecule has 79 heavy (non-hydrogen) atoms. The number of rotatable bonds is 26. The van der Waals surface area contributed by atoms with E-state index in [0.717, 1.165) is 104 Å². The Balaban J connectivity index is 0.856. The summed E-state index contributed by atoms with van der Waals surface area (Å²) < 4.78 is 48.6. The average molecular weight is 1080 g/mol. The maximum Gasteiger partial charge on any atom is 0.414 e. The number of benzene rings is 5. The molecular weight excluding hydrogens is 993 g/mol. The van der Waals surface area contributed by atoms with E-state index in [4.69, 9.17) is 37.9 Å². The molecule has 4 fully saturated rings. The van der Waals surface area contributed by atoms with E-state index < -0.39 is 24.4 Å². The molecular formula is C67H86N2O10. The summed E-state index contributed by atoms with van der Waals surface area (Å²) in [5.41, 5.74) is 16.4. The Hall–Kier alpha value is -6.24. The van der Waals surface area contributed by atoms with Gasteiger partial charge < -0.3 is 37.9 Å². The number of cyclic esters (lactones) is 2. The van der Waals surface area contributed by atoms with E-state index in [2.05, 4.69) is 132 Å². The van der Waals surface area contributed by atoms with Crippen molar-refractivity contribution in [1.29, 1.82) is 0 Å². The summed E-state index contributed by atoms with van der Waals surface area (Å²) in [5.74, 6) is 3.54. The number of hydrogen-bond acceptors (Lipinski definition) is 10. The summed E-state index contributed by atoms with van der Waals surface area (Å²) in [7, 11) is 0. The maximum atomic E-state index is 13.7. The molecule has 4 saturated heterocycles. The number of carbonyl (C=O) groups is 2. The maximum absolute atomic E-state index is 13.7. The van der Waals surface area contributed by atoms with E-state index in [-0.39, 0.29) is 36.3 Å². The molecule has 4 aliphatic heterocycles. The molecule has 0 radical (unpaired) electrons. The molecule has 4 aliphatic rings. The molecule has 0 bridgehead atoms. The van der Waals surface area contributed by atoms with Gasteiger partial charge in [-0.25, -0.2) is 9.59 Å². The summed E-state index contributed by atoms with van der Waals surface area (Å²) in [4.78, 5) is 30.7. The Kier molecular flexibility index (Phi) is 17.6. The van der Waals surface area contributed by atoms with E-state index in [1.807, 2.05) is 25.1 Å². The number of carbonyl (C=O) groups excluding carboxylic acids is 2. The van der Waals surface area contributed by atoms with Crippen molar-refractivity contribution in [2.75, 3.05) is 62.5 Å². The van der Waals surface area contributed by atoms with E-state index >= 15 is 0 Å². The fourth-order valence-electron chi connectivity index (χ4n) is 12.0. The Morgan fingerprint density at radius 3 is 0.949 bits per heavy atom. The van der Waals surface area contributed by atoms with Gasteiger partial charge in [-0.05, 0) is 167 Å². The third kappa shape index (κ3) is 12.1. The number of ether oxygens (including phenoxy) is 8. The highest BCUT2D eigenvalue weighted by molar-refractivity contribution is 5.95. The predicted molar refractivity (Wildman–Crippen MR) is 313 cm³/mol. The third-order valence-electron chi connectivity index (χ3n) is 17.0. The highest BCUT2D eigenvalue weighted by atomic mass is 16.6. The Bertz CT molecular complexity index is 2830. The molecule has 0 saturated carbocycles. The van der Waals surface area contributed by atoms with Crippen molar-refractivity contribution in [3.8, 4) is 23.0 Å². The standard InChI is InChI=1S/C67H86N2O10/c1-14-42-29-60(46(18-5)25-54(42)66(10,11)56-27-48(20-7)62(31-44(56)16-3)76-39-52-37-72-52)74-35-50-33-68(64(70)78-50)58-23-22-24-59(41(58)9)69-34-51(79-65(69)71)36-75-61-30-43(15-2)55(26-47(61)19-6)67(12,13)57-28-49(21-8)63(32-45(57)17-4)77-40-53-38-73-53/h22-32,50-53H,14-21,33-40H2,1-13H3. The molecule has 4 heterocycles. The Morgan fingerprint density at radius 2 is 0.696 bits per heavy atom. The lowest BCUT2D eigenvalue weighted by atomic mass is 9.72. The van der Waals surface area contributed by atoms with Crippen LogP contribution in [0.25, 0.3) is 0 Å². The second-order valence-corrected chi connectivity index (χ2v) is 22.9. The van der Waals surface area contributed by atoms with Crippen LogP contribution in [0.5, 0.6) is 23.0 Å². The number of epoxide rings is 2. The highest BCUT2D eigenvalue weighted by Gasteiger charge is 2.39. The first kappa shape index (κ1) is 57.4. The average Bonchev–Trinajstić information content (AvgIpc) is 4.51. The summed E-state index contributed by atoms with van der Waals surface area (Å²) in [6.07, 6.45) is 5.26.